The zero-order valence-corrected chi connectivity index (χ0v) is 13.0. The van der Waals surface area contributed by atoms with Gasteiger partial charge in [0.15, 0.2) is 5.65 Å². The number of carbonyl (C=O) groups is 1. The van der Waals surface area contributed by atoms with Crippen LogP contribution in [0.15, 0.2) is 11.0 Å². The quantitative estimate of drug-likeness (QED) is 0.435. The van der Waals surface area contributed by atoms with E-state index < -0.39 is 17.7 Å². The van der Waals surface area contributed by atoms with Crippen LogP contribution in [0.1, 0.15) is 19.4 Å². The first-order chi connectivity index (χ1) is 10.9. The van der Waals surface area contributed by atoms with Gasteiger partial charge in [-0.15, -0.1) is 0 Å². The van der Waals surface area contributed by atoms with Gasteiger partial charge in [-0.1, -0.05) is 13.8 Å². The van der Waals surface area contributed by atoms with Gasteiger partial charge in [-0.2, -0.15) is 14.6 Å². The highest BCUT2D eigenvalue weighted by Gasteiger charge is 2.18. The fourth-order valence-electron chi connectivity index (χ4n) is 1.80. The summed E-state index contributed by atoms with van der Waals surface area (Å²) >= 11 is 0. The third-order valence-corrected chi connectivity index (χ3v) is 3.19. The smallest absolute Gasteiger partial charge is 0.350 e. The first-order valence-corrected chi connectivity index (χ1v) is 7.12. The Morgan fingerprint density at radius 1 is 1.43 bits per heavy atom. The van der Waals surface area contributed by atoms with Crippen molar-refractivity contribution >= 4 is 17.6 Å². The van der Waals surface area contributed by atoms with Crippen molar-refractivity contribution in [1.82, 2.24) is 19.6 Å². The molecule has 2 heterocycles. The molecule has 0 amide bonds. The number of nitrogens with one attached hydrogen (secondary N) is 1. The highest BCUT2D eigenvalue weighted by atomic mass is 16.6. The van der Waals surface area contributed by atoms with Crippen LogP contribution in [0.5, 0.6) is 0 Å². The van der Waals surface area contributed by atoms with Crippen LogP contribution < -0.4 is 17.2 Å². The minimum Gasteiger partial charge on any atom is -0.462 e. The summed E-state index contributed by atoms with van der Waals surface area (Å²) in [5.74, 6) is -0.446. The summed E-state index contributed by atoms with van der Waals surface area (Å²) in [5.41, 5.74) is 11.6. The van der Waals surface area contributed by atoms with Crippen LogP contribution in [0, 0.1) is 5.92 Å². The average Bonchev–Trinajstić information content (AvgIpc) is 2.89. The minimum absolute atomic E-state index is 0.000790. The Morgan fingerprint density at radius 3 is 2.87 bits per heavy atom. The normalized spacial score (nSPS) is 12.7. The molecule has 23 heavy (non-hydrogen) atoms. The van der Waals surface area contributed by atoms with Gasteiger partial charge in [-0.3, -0.25) is 9.78 Å². The van der Waals surface area contributed by atoms with Crippen LogP contribution in [-0.2, 0) is 20.9 Å². The van der Waals surface area contributed by atoms with Crippen molar-refractivity contribution in [1.29, 1.82) is 0 Å². The maximum atomic E-state index is 11.6. The summed E-state index contributed by atoms with van der Waals surface area (Å²) < 4.78 is 11.5. The largest absolute Gasteiger partial charge is 0.462 e. The van der Waals surface area contributed by atoms with E-state index in [1.165, 1.54) is 6.20 Å². The number of aromatic nitrogens is 4. The molecule has 0 radical (unpaired) electrons. The first kappa shape index (κ1) is 16.9. The van der Waals surface area contributed by atoms with Crippen LogP contribution in [0.4, 0.5) is 5.95 Å². The van der Waals surface area contributed by atoms with Crippen LogP contribution in [-0.4, -0.2) is 44.8 Å². The van der Waals surface area contributed by atoms with Gasteiger partial charge in [0.05, 0.1) is 19.4 Å². The predicted molar refractivity (Wildman–Crippen MR) is 81.4 cm³/mol. The Morgan fingerprint density at radius 2 is 2.17 bits per heavy atom. The van der Waals surface area contributed by atoms with E-state index >= 15 is 0 Å². The molecule has 0 spiro atoms. The molecule has 0 aliphatic rings. The Hall–Kier alpha value is -2.46. The number of H-pyrrole nitrogens is 1. The molecule has 0 saturated heterocycles. The lowest BCUT2D eigenvalue weighted by molar-refractivity contribution is -0.147. The molecule has 0 bridgehead atoms. The zero-order valence-electron chi connectivity index (χ0n) is 13.0. The molecule has 0 aromatic carbocycles. The topological polar surface area (TPSA) is 151 Å². The van der Waals surface area contributed by atoms with Crippen molar-refractivity contribution < 1.29 is 14.3 Å². The van der Waals surface area contributed by atoms with Crippen LogP contribution in [0.25, 0.3) is 5.65 Å². The standard InChI is InChI=1S/C13H20N6O4/c1-7(2)9(14)11(20)23-4-3-22-6-8-5-16-19-10(8)17-12(15)18-13(19)21/h5,7,9H,3-4,6,14H2,1-2H3,(H3,15,17,18,21)/t9-/m0/s1. The first-order valence-electron chi connectivity index (χ1n) is 7.12. The molecule has 0 aliphatic heterocycles. The minimum atomic E-state index is -0.645. The van der Waals surface area contributed by atoms with E-state index in [-0.39, 0.29) is 31.7 Å². The fraction of sp³-hybridized carbons (Fsp3) is 0.538. The van der Waals surface area contributed by atoms with Crippen molar-refractivity contribution in [3.05, 3.63) is 22.2 Å². The number of hydrogen-bond acceptors (Lipinski definition) is 8. The van der Waals surface area contributed by atoms with Gasteiger partial charge < -0.3 is 20.9 Å². The molecule has 0 aliphatic carbocycles. The van der Waals surface area contributed by atoms with E-state index in [0.29, 0.717) is 11.2 Å². The molecule has 126 valence electrons. The number of nitrogen functional groups attached to an aromatic ring is 1. The maximum absolute atomic E-state index is 11.6. The van der Waals surface area contributed by atoms with Gasteiger partial charge >= 0.3 is 11.7 Å². The number of anilines is 1. The number of aromatic amines is 1. The van der Waals surface area contributed by atoms with Gasteiger partial charge in [-0.25, -0.2) is 4.79 Å². The van der Waals surface area contributed by atoms with Crippen LogP contribution in [0.2, 0.25) is 0 Å². The van der Waals surface area contributed by atoms with Crippen LogP contribution in [0.3, 0.4) is 0 Å². The van der Waals surface area contributed by atoms with E-state index in [4.69, 9.17) is 20.9 Å². The highest BCUT2D eigenvalue weighted by Crippen LogP contribution is 2.08. The number of esters is 1. The number of fused-ring (bicyclic) bond motifs is 1. The van der Waals surface area contributed by atoms with E-state index in [1.807, 2.05) is 13.8 Å². The molecule has 0 unspecified atom stereocenters. The van der Waals surface area contributed by atoms with Crippen molar-refractivity contribution in [3.63, 3.8) is 0 Å². The SMILES string of the molecule is CC(C)[C@H](N)C(=O)OCCOCc1cnn2c(=O)[nH]c(N)nc12. The average molecular weight is 324 g/mol. The van der Waals surface area contributed by atoms with Crippen molar-refractivity contribution in [2.75, 3.05) is 18.9 Å². The maximum Gasteiger partial charge on any atom is 0.350 e. The Bertz CT molecular complexity index is 738. The Balaban J connectivity index is 1.84. The summed E-state index contributed by atoms with van der Waals surface area (Å²) in [4.78, 5) is 29.5. The number of carbonyl (C=O) groups excluding carboxylic acids is 1. The second kappa shape index (κ2) is 7.20. The van der Waals surface area contributed by atoms with E-state index in [1.54, 1.807) is 0 Å². The molecule has 0 saturated carbocycles. The van der Waals surface area contributed by atoms with E-state index in [9.17, 15) is 9.59 Å². The second-order valence-corrected chi connectivity index (χ2v) is 5.32. The number of nitrogens with two attached hydrogens (primary N) is 2. The number of hydrogen-bond donors (Lipinski definition) is 3. The summed E-state index contributed by atoms with van der Waals surface area (Å²) in [6, 6.07) is -0.645. The van der Waals surface area contributed by atoms with Gasteiger partial charge in [-0.05, 0) is 5.92 Å². The summed E-state index contributed by atoms with van der Waals surface area (Å²) in [6.07, 6.45) is 1.47. The Labute approximate surface area is 131 Å². The van der Waals surface area contributed by atoms with Gasteiger partial charge in [0, 0.05) is 5.56 Å². The molecular formula is C13H20N6O4. The number of ether oxygens (including phenoxy) is 2. The molecular weight excluding hydrogens is 304 g/mol. The van der Waals surface area contributed by atoms with Gasteiger partial charge in [0.25, 0.3) is 0 Å². The number of nitrogens with zero attached hydrogens (tertiary/aromatic N) is 3. The highest BCUT2D eigenvalue weighted by molar-refractivity contribution is 5.75. The molecule has 5 N–H and O–H groups in total. The fourth-order valence-corrected chi connectivity index (χ4v) is 1.80. The van der Waals surface area contributed by atoms with Crippen molar-refractivity contribution in [2.45, 2.75) is 26.5 Å². The lowest BCUT2D eigenvalue weighted by Crippen LogP contribution is -2.37. The predicted octanol–water partition coefficient (Wildman–Crippen LogP) is -0.957. The van der Waals surface area contributed by atoms with Gasteiger partial charge in [0.2, 0.25) is 5.95 Å². The monoisotopic (exact) mass is 324 g/mol. The third-order valence-electron chi connectivity index (χ3n) is 3.19. The summed E-state index contributed by atoms with van der Waals surface area (Å²) in [7, 11) is 0. The van der Waals surface area contributed by atoms with E-state index in [0.717, 1.165) is 4.52 Å². The molecule has 2 aromatic rings. The Kier molecular flexibility index (Phi) is 5.29. The third kappa shape index (κ3) is 4.05. The van der Waals surface area contributed by atoms with Gasteiger partial charge in [0.1, 0.15) is 12.6 Å². The lowest BCUT2D eigenvalue weighted by atomic mass is 10.1. The molecule has 0 fully saturated rings. The van der Waals surface area contributed by atoms with E-state index in [2.05, 4.69) is 15.1 Å². The van der Waals surface area contributed by atoms with Crippen LogP contribution >= 0.6 is 0 Å². The number of rotatable bonds is 7. The molecule has 10 nitrogen and oxygen atoms in total. The van der Waals surface area contributed by atoms with Crippen molar-refractivity contribution in [3.8, 4) is 0 Å². The summed E-state index contributed by atoms with van der Waals surface area (Å²) in [6.45, 7) is 4.12. The van der Waals surface area contributed by atoms with Crippen molar-refractivity contribution in [2.24, 2.45) is 11.7 Å². The zero-order chi connectivity index (χ0) is 17.0. The molecule has 10 heteroatoms. The molecule has 2 rings (SSSR count). The summed E-state index contributed by atoms with van der Waals surface area (Å²) in [5, 5.41) is 3.90. The lowest BCUT2D eigenvalue weighted by Gasteiger charge is -2.14. The second-order valence-electron chi connectivity index (χ2n) is 5.32. The molecule has 2 aromatic heterocycles. The molecule has 1 atom stereocenters.